The minimum absolute atomic E-state index is 0.0536. The Morgan fingerprint density at radius 1 is 1.52 bits per heavy atom. The van der Waals surface area contributed by atoms with E-state index in [4.69, 9.17) is 9.84 Å². The second kappa shape index (κ2) is 5.54. The van der Waals surface area contributed by atoms with Gasteiger partial charge >= 0.3 is 5.97 Å². The summed E-state index contributed by atoms with van der Waals surface area (Å²) in [7, 11) is 0. The van der Waals surface area contributed by atoms with E-state index in [2.05, 4.69) is 4.98 Å². The largest absolute Gasteiger partial charge is 0.476 e. The molecule has 1 aliphatic heterocycles. The molecule has 0 aliphatic carbocycles. The monoisotopic (exact) mass is 307 g/mol. The van der Waals surface area contributed by atoms with Crippen LogP contribution in [0.3, 0.4) is 0 Å². The van der Waals surface area contributed by atoms with Gasteiger partial charge in [-0.05, 0) is 30.5 Å². The molecule has 2 heterocycles. The molecule has 21 heavy (non-hydrogen) atoms. The van der Waals surface area contributed by atoms with E-state index in [0.717, 1.165) is 28.9 Å². The second-order valence-corrected chi connectivity index (χ2v) is 5.96. The molecule has 110 valence electrons. The molecule has 6 heteroatoms. The Morgan fingerprint density at radius 3 is 2.90 bits per heavy atom. The van der Waals surface area contributed by atoms with Gasteiger partial charge < -0.3 is 9.84 Å². The van der Waals surface area contributed by atoms with Crippen molar-refractivity contribution in [3.8, 4) is 10.6 Å². The van der Waals surface area contributed by atoms with Crippen molar-refractivity contribution in [1.29, 1.82) is 0 Å². The first-order valence-corrected chi connectivity index (χ1v) is 7.51. The molecule has 1 aliphatic rings. The number of carboxylic acid groups (broad SMARTS) is 1. The standard InChI is InChI=1S/C15H14FNO3S/c1-8-4-10(9-2-3-20-6-9)5-11(16)13(8)14-17-12(7-21-14)15(18)19/h4-5,7,9H,2-3,6H2,1H3,(H,18,19). The van der Waals surface area contributed by atoms with Crippen LogP contribution in [0.25, 0.3) is 10.6 Å². The smallest absolute Gasteiger partial charge is 0.355 e. The Labute approximate surface area is 125 Å². The molecular formula is C15H14FNO3S. The van der Waals surface area contributed by atoms with Gasteiger partial charge in [0.25, 0.3) is 0 Å². The van der Waals surface area contributed by atoms with Crippen molar-refractivity contribution in [3.63, 3.8) is 0 Å². The lowest BCUT2D eigenvalue weighted by Gasteiger charge is -2.12. The molecule has 0 amide bonds. The van der Waals surface area contributed by atoms with Crippen molar-refractivity contribution in [2.75, 3.05) is 13.2 Å². The minimum Gasteiger partial charge on any atom is -0.476 e. The van der Waals surface area contributed by atoms with Crippen LogP contribution in [0.2, 0.25) is 0 Å². The van der Waals surface area contributed by atoms with E-state index in [9.17, 15) is 9.18 Å². The topological polar surface area (TPSA) is 59.4 Å². The zero-order valence-corrected chi connectivity index (χ0v) is 12.2. The number of hydrogen-bond donors (Lipinski definition) is 1. The molecule has 2 aromatic rings. The van der Waals surface area contributed by atoms with Crippen LogP contribution in [-0.2, 0) is 4.74 Å². The zero-order valence-electron chi connectivity index (χ0n) is 11.4. The molecule has 0 radical (unpaired) electrons. The van der Waals surface area contributed by atoms with E-state index in [-0.39, 0.29) is 17.4 Å². The summed E-state index contributed by atoms with van der Waals surface area (Å²) >= 11 is 1.14. The van der Waals surface area contributed by atoms with E-state index in [1.165, 1.54) is 11.4 Å². The minimum atomic E-state index is -1.10. The molecule has 1 unspecified atom stereocenters. The number of nitrogens with zero attached hydrogens (tertiary/aromatic N) is 1. The molecule has 1 N–H and O–H groups in total. The number of carbonyl (C=O) groups is 1. The molecule has 1 saturated heterocycles. The highest BCUT2D eigenvalue weighted by Gasteiger charge is 2.22. The predicted molar refractivity (Wildman–Crippen MR) is 77.4 cm³/mol. The summed E-state index contributed by atoms with van der Waals surface area (Å²) in [5.41, 5.74) is 2.03. The van der Waals surface area contributed by atoms with Crippen LogP contribution >= 0.6 is 11.3 Å². The highest BCUT2D eigenvalue weighted by molar-refractivity contribution is 7.13. The number of aryl methyl sites for hydroxylation is 1. The van der Waals surface area contributed by atoms with Crippen molar-refractivity contribution in [2.45, 2.75) is 19.3 Å². The third-order valence-electron chi connectivity index (χ3n) is 3.65. The average Bonchev–Trinajstić information content (AvgIpc) is 3.09. The fourth-order valence-corrected chi connectivity index (χ4v) is 3.47. The van der Waals surface area contributed by atoms with Crippen LogP contribution in [-0.4, -0.2) is 29.3 Å². The van der Waals surface area contributed by atoms with E-state index < -0.39 is 5.97 Å². The van der Waals surface area contributed by atoms with Gasteiger partial charge in [0.05, 0.1) is 6.61 Å². The Bertz CT molecular complexity index is 669. The maximum atomic E-state index is 14.4. The summed E-state index contributed by atoms with van der Waals surface area (Å²) < 4.78 is 19.8. The van der Waals surface area contributed by atoms with Crippen LogP contribution in [0.5, 0.6) is 0 Å². The number of hydrogen-bond acceptors (Lipinski definition) is 4. The van der Waals surface area contributed by atoms with Crippen LogP contribution in [0.15, 0.2) is 17.5 Å². The quantitative estimate of drug-likeness (QED) is 0.943. The SMILES string of the molecule is Cc1cc(C2CCOC2)cc(F)c1-c1nc(C(=O)O)cs1. The van der Waals surface area contributed by atoms with Gasteiger partial charge in [-0.15, -0.1) is 11.3 Å². The van der Waals surface area contributed by atoms with Gasteiger partial charge in [0.15, 0.2) is 5.69 Å². The first kappa shape index (κ1) is 14.2. The van der Waals surface area contributed by atoms with Gasteiger partial charge in [-0.3, -0.25) is 0 Å². The lowest BCUT2D eigenvalue weighted by atomic mass is 9.94. The van der Waals surface area contributed by atoms with E-state index in [1.54, 1.807) is 0 Å². The van der Waals surface area contributed by atoms with Crippen LogP contribution in [0, 0.1) is 12.7 Å². The first-order chi connectivity index (χ1) is 10.1. The average molecular weight is 307 g/mol. The summed E-state index contributed by atoms with van der Waals surface area (Å²) in [4.78, 5) is 14.9. The Balaban J connectivity index is 2.00. The van der Waals surface area contributed by atoms with E-state index in [1.807, 2.05) is 13.0 Å². The molecule has 1 aromatic carbocycles. The highest BCUT2D eigenvalue weighted by atomic mass is 32.1. The van der Waals surface area contributed by atoms with E-state index in [0.29, 0.717) is 23.8 Å². The molecule has 1 atom stereocenters. The van der Waals surface area contributed by atoms with Gasteiger partial charge in [0.2, 0.25) is 0 Å². The van der Waals surface area contributed by atoms with Crippen molar-refractivity contribution < 1.29 is 19.0 Å². The summed E-state index contributed by atoms with van der Waals surface area (Å²) in [5, 5.41) is 10.7. The molecule has 1 aromatic heterocycles. The molecular weight excluding hydrogens is 293 g/mol. The number of carboxylic acids is 1. The van der Waals surface area contributed by atoms with Crippen LogP contribution in [0.1, 0.15) is 34.0 Å². The number of aromatic carboxylic acids is 1. The molecule has 0 saturated carbocycles. The summed E-state index contributed by atoms with van der Waals surface area (Å²) in [5.74, 6) is -1.23. The number of ether oxygens (including phenoxy) is 1. The van der Waals surface area contributed by atoms with Crippen molar-refractivity contribution in [2.24, 2.45) is 0 Å². The van der Waals surface area contributed by atoms with Crippen LogP contribution in [0.4, 0.5) is 4.39 Å². The molecule has 1 fully saturated rings. The lowest BCUT2D eigenvalue weighted by Crippen LogP contribution is -2.01. The van der Waals surface area contributed by atoms with Crippen molar-refractivity contribution >= 4 is 17.3 Å². The normalized spacial score (nSPS) is 18.1. The zero-order chi connectivity index (χ0) is 15.0. The summed E-state index contributed by atoms with van der Waals surface area (Å²) in [6, 6.07) is 3.46. The third-order valence-corrected chi connectivity index (χ3v) is 4.51. The Kier molecular flexibility index (Phi) is 3.73. The van der Waals surface area contributed by atoms with Gasteiger partial charge in [-0.25, -0.2) is 14.2 Å². The van der Waals surface area contributed by atoms with Crippen LogP contribution < -0.4 is 0 Å². The number of thiazole rings is 1. The van der Waals surface area contributed by atoms with Gasteiger partial charge in [-0.2, -0.15) is 0 Å². The summed E-state index contributed by atoms with van der Waals surface area (Å²) in [6.45, 7) is 3.15. The van der Waals surface area contributed by atoms with Gasteiger partial charge in [0, 0.05) is 23.5 Å². The number of benzene rings is 1. The first-order valence-electron chi connectivity index (χ1n) is 6.63. The lowest BCUT2D eigenvalue weighted by molar-refractivity contribution is 0.0691. The highest BCUT2D eigenvalue weighted by Crippen LogP contribution is 2.34. The van der Waals surface area contributed by atoms with E-state index >= 15 is 0 Å². The van der Waals surface area contributed by atoms with Crippen molar-refractivity contribution in [3.05, 3.63) is 40.2 Å². The Morgan fingerprint density at radius 2 is 2.33 bits per heavy atom. The predicted octanol–water partition coefficient (Wildman–Crippen LogP) is 3.46. The molecule has 4 nitrogen and oxygen atoms in total. The Hall–Kier alpha value is -1.79. The molecule has 0 bridgehead atoms. The van der Waals surface area contributed by atoms with Crippen molar-refractivity contribution in [1.82, 2.24) is 4.98 Å². The number of rotatable bonds is 3. The third kappa shape index (κ3) is 2.69. The number of halogens is 1. The molecule has 3 rings (SSSR count). The maximum absolute atomic E-state index is 14.4. The maximum Gasteiger partial charge on any atom is 0.355 e. The number of aromatic nitrogens is 1. The fraction of sp³-hybridized carbons (Fsp3) is 0.333. The van der Waals surface area contributed by atoms with Gasteiger partial charge in [-0.1, -0.05) is 6.07 Å². The fourth-order valence-electron chi connectivity index (χ4n) is 2.56. The molecule has 0 spiro atoms. The summed E-state index contributed by atoms with van der Waals surface area (Å²) in [6.07, 6.45) is 0.901. The second-order valence-electron chi connectivity index (χ2n) is 5.10. The van der Waals surface area contributed by atoms with Gasteiger partial charge in [0.1, 0.15) is 10.8 Å².